The molecule has 8 nitrogen and oxygen atoms in total. The first-order valence-corrected chi connectivity index (χ1v) is 8.92. The summed E-state index contributed by atoms with van der Waals surface area (Å²) in [5.41, 5.74) is 0.498. The molecule has 0 spiro atoms. The highest BCUT2D eigenvalue weighted by atomic mass is 32.2. The van der Waals surface area contributed by atoms with Gasteiger partial charge in [0.15, 0.2) is 5.13 Å². The fourth-order valence-electron chi connectivity index (χ4n) is 2.01. The maximum Gasteiger partial charge on any atom is 0.303 e. The molecule has 0 atom stereocenters. The topological polar surface area (TPSA) is 117 Å². The first-order valence-electron chi connectivity index (χ1n) is 6.14. The number of carbonyl (C=O) groups excluding carboxylic acids is 1. The van der Waals surface area contributed by atoms with Crippen molar-refractivity contribution in [3.05, 3.63) is 11.1 Å². The molecule has 1 amide bonds. The second kappa shape index (κ2) is 5.98. The molecule has 21 heavy (non-hydrogen) atoms. The third-order valence-electron chi connectivity index (χ3n) is 2.93. The van der Waals surface area contributed by atoms with Gasteiger partial charge in [-0.1, -0.05) is 0 Å². The van der Waals surface area contributed by atoms with Crippen LogP contribution in [-0.2, 0) is 26.0 Å². The van der Waals surface area contributed by atoms with Gasteiger partial charge in [0.25, 0.3) is 0 Å². The standard InChI is InChI=1S/C11H15N3O5S2/c1-21(18,19)13-11-12-8(6-20-11)3-9(15)14-4-7(5-14)2-10(16)17/h6-7H,2-5H2,1H3,(H,12,13)(H,16,17). The number of anilines is 1. The molecule has 1 aliphatic rings. The summed E-state index contributed by atoms with van der Waals surface area (Å²) in [5, 5.41) is 10.5. The highest BCUT2D eigenvalue weighted by Crippen LogP contribution is 2.22. The minimum Gasteiger partial charge on any atom is -0.481 e. The van der Waals surface area contributed by atoms with Crippen LogP contribution in [0.3, 0.4) is 0 Å². The lowest BCUT2D eigenvalue weighted by Crippen LogP contribution is -2.51. The molecule has 2 heterocycles. The summed E-state index contributed by atoms with van der Waals surface area (Å²) < 4.78 is 24.4. The Kier molecular flexibility index (Phi) is 4.47. The highest BCUT2D eigenvalue weighted by Gasteiger charge is 2.32. The molecule has 1 saturated heterocycles. The summed E-state index contributed by atoms with van der Waals surface area (Å²) >= 11 is 1.11. The molecular formula is C11H15N3O5S2. The maximum absolute atomic E-state index is 11.9. The Labute approximate surface area is 125 Å². The second-order valence-corrected chi connectivity index (χ2v) is 7.56. The van der Waals surface area contributed by atoms with Crippen molar-refractivity contribution >= 4 is 38.4 Å². The van der Waals surface area contributed by atoms with Crippen LogP contribution < -0.4 is 4.72 Å². The molecule has 2 rings (SSSR count). The third kappa shape index (κ3) is 4.67. The number of aliphatic carboxylic acids is 1. The Balaban J connectivity index is 1.83. The van der Waals surface area contributed by atoms with Crippen LogP contribution in [0.15, 0.2) is 5.38 Å². The SMILES string of the molecule is CS(=O)(=O)Nc1nc(CC(=O)N2CC(CC(=O)O)C2)cs1. The number of sulfonamides is 1. The predicted octanol–water partition coefficient (Wildman–Crippen LogP) is -0.00980. The average Bonchev–Trinajstić information content (AvgIpc) is 2.67. The van der Waals surface area contributed by atoms with Crippen LogP contribution >= 0.6 is 11.3 Å². The zero-order valence-corrected chi connectivity index (χ0v) is 12.9. The van der Waals surface area contributed by atoms with E-state index in [0.717, 1.165) is 17.6 Å². The van der Waals surface area contributed by atoms with Crippen LogP contribution in [0.25, 0.3) is 0 Å². The number of hydrogen-bond donors (Lipinski definition) is 2. The van der Waals surface area contributed by atoms with E-state index in [-0.39, 0.29) is 29.8 Å². The molecule has 0 bridgehead atoms. The van der Waals surface area contributed by atoms with E-state index in [4.69, 9.17) is 5.11 Å². The molecule has 116 valence electrons. The summed E-state index contributed by atoms with van der Waals surface area (Å²) in [4.78, 5) is 28.1. The van der Waals surface area contributed by atoms with E-state index in [1.165, 1.54) is 0 Å². The molecular weight excluding hydrogens is 318 g/mol. The molecule has 10 heteroatoms. The van der Waals surface area contributed by atoms with Crippen molar-refractivity contribution in [2.75, 3.05) is 24.1 Å². The number of likely N-dealkylation sites (tertiary alicyclic amines) is 1. The Hall–Kier alpha value is -1.68. The number of hydrogen-bond acceptors (Lipinski definition) is 6. The second-order valence-electron chi connectivity index (χ2n) is 4.96. The number of nitrogens with one attached hydrogen (secondary N) is 1. The number of rotatable bonds is 6. The van der Waals surface area contributed by atoms with Gasteiger partial charge in [0.1, 0.15) is 0 Å². The Bertz CT molecular complexity index is 649. The number of carboxylic acid groups (broad SMARTS) is 1. The van der Waals surface area contributed by atoms with Gasteiger partial charge in [-0.05, 0) is 0 Å². The largest absolute Gasteiger partial charge is 0.481 e. The summed E-state index contributed by atoms with van der Waals surface area (Å²) in [6.07, 6.45) is 1.19. The van der Waals surface area contributed by atoms with Crippen LogP contribution in [-0.4, -0.2) is 54.6 Å². The molecule has 1 aliphatic heterocycles. The number of carboxylic acids is 1. The van der Waals surface area contributed by atoms with E-state index in [1.807, 2.05) is 0 Å². The third-order valence-corrected chi connectivity index (χ3v) is 4.43. The van der Waals surface area contributed by atoms with Crippen LogP contribution in [0.5, 0.6) is 0 Å². The van der Waals surface area contributed by atoms with Crippen molar-refractivity contribution in [1.82, 2.24) is 9.88 Å². The number of thiazole rings is 1. The predicted molar refractivity (Wildman–Crippen MR) is 76.6 cm³/mol. The number of aromatic nitrogens is 1. The fraction of sp³-hybridized carbons (Fsp3) is 0.545. The lowest BCUT2D eigenvalue weighted by atomic mass is 9.96. The lowest BCUT2D eigenvalue weighted by Gasteiger charge is -2.38. The van der Waals surface area contributed by atoms with Gasteiger partial charge < -0.3 is 10.0 Å². The lowest BCUT2D eigenvalue weighted by molar-refractivity contribution is -0.144. The molecule has 1 aromatic heterocycles. The van der Waals surface area contributed by atoms with Crippen molar-refractivity contribution in [3.63, 3.8) is 0 Å². The molecule has 0 aromatic carbocycles. The number of carbonyl (C=O) groups is 2. The zero-order chi connectivity index (χ0) is 15.6. The Morgan fingerprint density at radius 1 is 1.52 bits per heavy atom. The van der Waals surface area contributed by atoms with Crippen molar-refractivity contribution in [1.29, 1.82) is 0 Å². The van der Waals surface area contributed by atoms with Crippen molar-refractivity contribution in [3.8, 4) is 0 Å². The molecule has 0 unspecified atom stereocenters. The molecule has 2 N–H and O–H groups in total. The Morgan fingerprint density at radius 2 is 2.19 bits per heavy atom. The van der Waals surface area contributed by atoms with E-state index < -0.39 is 16.0 Å². The van der Waals surface area contributed by atoms with E-state index in [1.54, 1.807) is 10.3 Å². The highest BCUT2D eigenvalue weighted by molar-refractivity contribution is 7.92. The van der Waals surface area contributed by atoms with E-state index in [9.17, 15) is 18.0 Å². The van der Waals surface area contributed by atoms with E-state index in [2.05, 4.69) is 9.71 Å². The smallest absolute Gasteiger partial charge is 0.303 e. The first kappa shape index (κ1) is 15.7. The quantitative estimate of drug-likeness (QED) is 0.756. The first-order chi connectivity index (χ1) is 9.73. The zero-order valence-electron chi connectivity index (χ0n) is 11.3. The van der Waals surface area contributed by atoms with Crippen LogP contribution in [0, 0.1) is 5.92 Å². The van der Waals surface area contributed by atoms with Crippen LogP contribution in [0.4, 0.5) is 5.13 Å². The normalized spacial score (nSPS) is 15.6. The van der Waals surface area contributed by atoms with E-state index in [0.29, 0.717) is 18.8 Å². The van der Waals surface area contributed by atoms with Gasteiger partial charge in [-0.25, -0.2) is 13.4 Å². The van der Waals surface area contributed by atoms with Crippen LogP contribution in [0.2, 0.25) is 0 Å². The van der Waals surface area contributed by atoms with Gasteiger partial charge in [0.05, 0.1) is 24.8 Å². The number of nitrogens with zero attached hydrogens (tertiary/aromatic N) is 2. The fourth-order valence-corrected chi connectivity index (χ4v) is 3.57. The van der Waals surface area contributed by atoms with E-state index >= 15 is 0 Å². The maximum atomic E-state index is 11.9. The molecule has 1 fully saturated rings. The van der Waals surface area contributed by atoms with Gasteiger partial charge in [0, 0.05) is 24.4 Å². The molecule has 0 radical (unpaired) electrons. The minimum absolute atomic E-state index is 0.0179. The van der Waals surface area contributed by atoms with Crippen molar-refractivity contribution in [2.45, 2.75) is 12.8 Å². The van der Waals surface area contributed by atoms with Gasteiger partial charge in [-0.2, -0.15) is 0 Å². The van der Waals surface area contributed by atoms with Crippen LogP contribution in [0.1, 0.15) is 12.1 Å². The monoisotopic (exact) mass is 333 g/mol. The van der Waals surface area contributed by atoms with Gasteiger partial charge in [-0.15, -0.1) is 11.3 Å². The molecule has 0 aliphatic carbocycles. The summed E-state index contributed by atoms with van der Waals surface area (Å²) in [7, 11) is -3.37. The van der Waals surface area contributed by atoms with Gasteiger partial charge >= 0.3 is 5.97 Å². The molecule has 1 aromatic rings. The van der Waals surface area contributed by atoms with Gasteiger partial charge in [-0.3, -0.25) is 14.3 Å². The summed E-state index contributed by atoms with van der Waals surface area (Å²) in [6.45, 7) is 0.896. The van der Waals surface area contributed by atoms with Gasteiger partial charge in [0.2, 0.25) is 15.9 Å². The molecule has 0 saturated carbocycles. The Morgan fingerprint density at radius 3 is 2.76 bits per heavy atom. The van der Waals surface area contributed by atoms with Crippen molar-refractivity contribution in [2.24, 2.45) is 5.92 Å². The average molecular weight is 333 g/mol. The minimum atomic E-state index is -3.37. The summed E-state index contributed by atoms with van der Waals surface area (Å²) in [6, 6.07) is 0. The van der Waals surface area contributed by atoms with Crippen molar-refractivity contribution < 1.29 is 23.1 Å². The summed E-state index contributed by atoms with van der Waals surface area (Å²) in [5.74, 6) is -0.972. The number of amides is 1.